The third-order valence-corrected chi connectivity index (χ3v) is 3.92. The van der Waals surface area contributed by atoms with Gasteiger partial charge in [0.25, 0.3) is 0 Å². The molecule has 1 unspecified atom stereocenters. The zero-order valence-corrected chi connectivity index (χ0v) is 15.1. The number of guanidine groups is 1. The molecule has 2 heterocycles. The highest BCUT2D eigenvalue weighted by Crippen LogP contribution is 2.34. The number of hydrogen-bond donors (Lipinski definition) is 1. The van der Waals surface area contributed by atoms with Crippen molar-refractivity contribution in [1.29, 1.82) is 0 Å². The van der Waals surface area contributed by atoms with Gasteiger partial charge in [-0.2, -0.15) is 13.2 Å². The van der Waals surface area contributed by atoms with Crippen LogP contribution < -0.4 is 10.1 Å². The van der Waals surface area contributed by atoms with Crippen molar-refractivity contribution in [3.63, 3.8) is 0 Å². The first-order chi connectivity index (χ1) is 12.4. The lowest BCUT2D eigenvalue weighted by Gasteiger charge is -2.24. The van der Waals surface area contributed by atoms with Crippen molar-refractivity contribution < 1.29 is 22.6 Å². The average Bonchev–Trinajstić information content (AvgIpc) is 3.10. The molecule has 9 heteroatoms. The van der Waals surface area contributed by atoms with Crippen LogP contribution in [0.4, 0.5) is 13.2 Å². The van der Waals surface area contributed by atoms with Crippen LogP contribution in [-0.4, -0.2) is 62.3 Å². The number of halogens is 3. The van der Waals surface area contributed by atoms with Crippen molar-refractivity contribution in [2.45, 2.75) is 19.5 Å². The van der Waals surface area contributed by atoms with Gasteiger partial charge in [0, 0.05) is 38.9 Å². The first-order valence-electron chi connectivity index (χ1n) is 8.64. The van der Waals surface area contributed by atoms with Crippen molar-refractivity contribution in [2.24, 2.45) is 10.9 Å². The molecule has 1 N–H and O–H groups in total. The quantitative estimate of drug-likeness (QED) is 0.451. The van der Waals surface area contributed by atoms with E-state index < -0.39 is 17.6 Å². The lowest BCUT2D eigenvalue weighted by Crippen LogP contribution is -2.41. The van der Waals surface area contributed by atoms with Crippen molar-refractivity contribution in [3.8, 4) is 5.88 Å². The fourth-order valence-electron chi connectivity index (χ4n) is 2.69. The highest BCUT2D eigenvalue weighted by Gasteiger charge is 2.35. The normalized spacial score (nSPS) is 18.0. The zero-order chi connectivity index (χ0) is 19.0. The van der Waals surface area contributed by atoms with Crippen LogP contribution in [0.1, 0.15) is 18.9 Å². The fourth-order valence-corrected chi connectivity index (χ4v) is 2.69. The van der Waals surface area contributed by atoms with Gasteiger partial charge in [0.15, 0.2) is 5.96 Å². The molecule has 146 valence electrons. The van der Waals surface area contributed by atoms with Gasteiger partial charge in [-0.1, -0.05) is 0 Å². The van der Waals surface area contributed by atoms with E-state index in [1.165, 1.54) is 12.3 Å². The molecule has 1 fully saturated rings. The molecule has 1 aliphatic rings. The maximum absolute atomic E-state index is 12.9. The van der Waals surface area contributed by atoms with Gasteiger partial charge in [0.1, 0.15) is 12.2 Å². The number of pyridine rings is 1. The monoisotopic (exact) mass is 374 g/mol. The van der Waals surface area contributed by atoms with Crippen LogP contribution in [0.2, 0.25) is 0 Å². The van der Waals surface area contributed by atoms with Gasteiger partial charge in [0.05, 0.1) is 13.2 Å². The number of aliphatic imine (C=N–C) groups is 1. The second-order valence-electron chi connectivity index (χ2n) is 6.05. The fraction of sp³-hybridized carbons (Fsp3) is 0.647. The van der Waals surface area contributed by atoms with E-state index in [9.17, 15) is 13.2 Å². The molecule has 26 heavy (non-hydrogen) atoms. The Morgan fingerprint density at radius 1 is 1.50 bits per heavy atom. The summed E-state index contributed by atoms with van der Waals surface area (Å²) in [5.41, 5.74) is -0.880. The van der Waals surface area contributed by atoms with Gasteiger partial charge < -0.3 is 19.7 Å². The third kappa shape index (κ3) is 6.05. The van der Waals surface area contributed by atoms with Crippen LogP contribution in [0.3, 0.4) is 0 Å². The number of nitrogens with zero attached hydrogens (tertiary/aromatic N) is 3. The highest BCUT2D eigenvalue weighted by molar-refractivity contribution is 5.79. The first-order valence-corrected chi connectivity index (χ1v) is 8.64. The van der Waals surface area contributed by atoms with Crippen molar-refractivity contribution in [2.75, 3.05) is 46.5 Å². The number of aromatic nitrogens is 1. The van der Waals surface area contributed by atoms with Crippen LogP contribution in [-0.2, 0) is 10.9 Å². The molecule has 1 saturated heterocycles. The number of alkyl halides is 3. The predicted octanol–water partition coefficient (Wildman–Crippen LogP) is 2.41. The molecule has 1 aromatic rings. The molecule has 2 rings (SSSR count). The van der Waals surface area contributed by atoms with E-state index in [4.69, 9.17) is 9.47 Å². The summed E-state index contributed by atoms with van der Waals surface area (Å²) in [6.45, 7) is 5.23. The summed E-state index contributed by atoms with van der Waals surface area (Å²) in [6, 6.07) is 2.19. The second kappa shape index (κ2) is 9.61. The summed E-state index contributed by atoms with van der Waals surface area (Å²) in [7, 11) is 1.93. The van der Waals surface area contributed by atoms with E-state index in [-0.39, 0.29) is 13.2 Å². The number of ether oxygens (including phenoxy) is 2. The van der Waals surface area contributed by atoms with Gasteiger partial charge in [-0.15, -0.1) is 0 Å². The maximum Gasteiger partial charge on any atom is 0.421 e. The molecular formula is C17H25F3N4O2. The standard InChI is InChI=1S/C17H25F3N4O2/c1-3-21-16(24(2)11-13-6-9-25-12-13)23-8-10-26-15-14(17(18,19)20)5-4-7-22-15/h4-5,7,13H,3,6,8-12H2,1-2H3,(H,21,23). The number of rotatable bonds is 7. The minimum Gasteiger partial charge on any atom is -0.475 e. The molecule has 0 spiro atoms. The minimum absolute atomic E-state index is 0.00929. The Balaban J connectivity index is 1.90. The maximum atomic E-state index is 12.9. The lowest BCUT2D eigenvalue weighted by molar-refractivity contribution is -0.139. The molecule has 0 radical (unpaired) electrons. The largest absolute Gasteiger partial charge is 0.475 e. The van der Waals surface area contributed by atoms with E-state index in [0.717, 1.165) is 32.2 Å². The topological polar surface area (TPSA) is 59.0 Å². The molecule has 1 aliphatic heterocycles. The van der Waals surface area contributed by atoms with Crippen LogP contribution >= 0.6 is 0 Å². The Kier molecular flexibility index (Phi) is 7.50. The van der Waals surface area contributed by atoms with Crippen molar-refractivity contribution in [1.82, 2.24) is 15.2 Å². The summed E-state index contributed by atoms with van der Waals surface area (Å²) < 4.78 is 49.3. The van der Waals surface area contributed by atoms with E-state index in [1.807, 2.05) is 18.9 Å². The molecule has 6 nitrogen and oxygen atoms in total. The van der Waals surface area contributed by atoms with E-state index in [0.29, 0.717) is 18.4 Å². The Labute approximate surface area is 151 Å². The van der Waals surface area contributed by atoms with Gasteiger partial charge in [-0.25, -0.2) is 9.98 Å². The van der Waals surface area contributed by atoms with Gasteiger partial charge in [-0.05, 0) is 25.5 Å². The van der Waals surface area contributed by atoms with Crippen molar-refractivity contribution in [3.05, 3.63) is 23.9 Å². The molecule has 0 saturated carbocycles. The summed E-state index contributed by atoms with van der Waals surface area (Å²) in [5, 5.41) is 3.17. The predicted molar refractivity (Wildman–Crippen MR) is 92.3 cm³/mol. The Morgan fingerprint density at radius 2 is 2.31 bits per heavy atom. The van der Waals surface area contributed by atoms with Crippen LogP contribution in [0.15, 0.2) is 23.3 Å². The number of hydrogen-bond acceptors (Lipinski definition) is 4. The molecule has 0 bridgehead atoms. The molecule has 1 aromatic heterocycles. The van der Waals surface area contributed by atoms with E-state index >= 15 is 0 Å². The number of nitrogens with one attached hydrogen (secondary N) is 1. The zero-order valence-electron chi connectivity index (χ0n) is 15.1. The summed E-state index contributed by atoms with van der Waals surface area (Å²) in [4.78, 5) is 10.1. The first kappa shape index (κ1) is 20.3. The summed E-state index contributed by atoms with van der Waals surface area (Å²) in [6.07, 6.45) is -2.20. The molecule has 0 amide bonds. The van der Waals surface area contributed by atoms with Crippen LogP contribution in [0, 0.1) is 5.92 Å². The van der Waals surface area contributed by atoms with Crippen molar-refractivity contribution >= 4 is 5.96 Å². The minimum atomic E-state index is -4.49. The third-order valence-electron chi connectivity index (χ3n) is 3.92. The van der Waals surface area contributed by atoms with Gasteiger partial charge in [0.2, 0.25) is 5.88 Å². The second-order valence-corrected chi connectivity index (χ2v) is 6.05. The van der Waals surface area contributed by atoms with Crippen LogP contribution in [0.5, 0.6) is 5.88 Å². The molecule has 0 aromatic carbocycles. The summed E-state index contributed by atoms with van der Waals surface area (Å²) >= 11 is 0. The Morgan fingerprint density at radius 3 is 2.96 bits per heavy atom. The Bertz CT molecular complexity index is 590. The van der Waals surface area contributed by atoms with Crippen LogP contribution in [0.25, 0.3) is 0 Å². The Hall–Kier alpha value is -2.03. The lowest BCUT2D eigenvalue weighted by atomic mass is 10.1. The molecule has 1 atom stereocenters. The van der Waals surface area contributed by atoms with Gasteiger partial charge >= 0.3 is 6.18 Å². The SMILES string of the molecule is CCNC(=NCCOc1ncccc1C(F)(F)F)N(C)CC1CCOC1. The highest BCUT2D eigenvalue weighted by atomic mass is 19.4. The van der Waals surface area contributed by atoms with E-state index in [1.54, 1.807) is 0 Å². The molecular weight excluding hydrogens is 349 g/mol. The smallest absolute Gasteiger partial charge is 0.421 e. The van der Waals surface area contributed by atoms with Gasteiger partial charge in [-0.3, -0.25) is 0 Å². The molecule has 0 aliphatic carbocycles. The van der Waals surface area contributed by atoms with E-state index in [2.05, 4.69) is 15.3 Å². The summed E-state index contributed by atoms with van der Waals surface area (Å²) in [5.74, 6) is 0.736. The average molecular weight is 374 g/mol.